The number of para-hydroxylation sites is 2. The number of methoxy groups -OCH3 is 1. The highest BCUT2D eigenvalue weighted by molar-refractivity contribution is 7.81. The zero-order valence-electron chi connectivity index (χ0n) is 46.1. The number of unbranched alkanes of at least 4 members (excludes halogenated alkanes) is 1. The number of ketones is 2. The predicted molar refractivity (Wildman–Crippen MR) is 309 cm³/mol. The second kappa shape index (κ2) is 24.4. The van der Waals surface area contributed by atoms with Gasteiger partial charge in [-0.05, 0) is 159 Å². The molecule has 0 saturated carbocycles. The largest absolute Gasteiger partial charge is 0.493 e. The predicted octanol–water partition coefficient (Wildman–Crippen LogP) is 8.98. The molecule has 81 heavy (non-hydrogen) atoms. The van der Waals surface area contributed by atoms with Crippen molar-refractivity contribution in [3.63, 3.8) is 0 Å². The minimum Gasteiger partial charge on any atom is -0.493 e. The van der Waals surface area contributed by atoms with Gasteiger partial charge in [0.2, 0.25) is 11.8 Å². The summed E-state index contributed by atoms with van der Waals surface area (Å²) in [5.41, 5.74) is 9.71. The Labute approximate surface area is 477 Å². The van der Waals surface area contributed by atoms with E-state index in [1.165, 1.54) is 24.8 Å². The third kappa shape index (κ3) is 12.3. The van der Waals surface area contributed by atoms with Crippen molar-refractivity contribution in [2.24, 2.45) is 5.92 Å². The maximum atomic E-state index is 14.3. The number of Topliss-reactive ketones (excluding diaryl/α,β-unsaturated/α-hetero) is 2. The lowest BCUT2D eigenvalue weighted by molar-refractivity contribution is -0.137. The minimum absolute atomic E-state index is 0.0107. The highest BCUT2D eigenvalue weighted by Gasteiger charge is 2.42. The molecule has 5 aliphatic heterocycles. The van der Waals surface area contributed by atoms with Crippen LogP contribution in [-0.2, 0) is 67.7 Å². The molecule has 0 saturated heterocycles. The molecule has 2 N–H and O–H groups in total. The Balaban J connectivity index is 0.801. The van der Waals surface area contributed by atoms with E-state index < -0.39 is 17.9 Å². The molecule has 0 bridgehead atoms. The first kappa shape index (κ1) is 56.2. The molecule has 0 spiro atoms. The molecule has 10 rings (SSSR count). The van der Waals surface area contributed by atoms with Crippen LogP contribution in [0.2, 0.25) is 0 Å². The van der Waals surface area contributed by atoms with Gasteiger partial charge in [-0.3, -0.25) is 43.3 Å². The zero-order chi connectivity index (χ0) is 57.1. The van der Waals surface area contributed by atoms with Crippen LogP contribution in [-0.4, -0.2) is 88.9 Å². The van der Waals surface area contributed by atoms with Crippen molar-refractivity contribution in [2.45, 2.75) is 134 Å². The van der Waals surface area contributed by atoms with Crippen LogP contribution in [0.3, 0.4) is 0 Å². The molecule has 5 aromatic carbocycles. The Bertz CT molecular complexity index is 3370. The molecule has 5 atom stereocenters. The van der Waals surface area contributed by atoms with Crippen LogP contribution < -0.4 is 34.6 Å². The molecule has 0 fully saturated rings. The van der Waals surface area contributed by atoms with E-state index in [1.54, 1.807) is 26.0 Å². The van der Waals surface area contributed by atoms with E-state index >= 15 is 0 Å². The van der Waals surface area contributed by atoms with Gasteiger partial charge in [0.15, 0.2) is 17.3 Å². The van der Waals surface area contributed by atoms with Gasteiger partial charge in [-0.25, -0.2) is 0 Å². The van der Waals surface area contributed by atoms with E-state index in [0.717, 1.165) is 51.4 Å². The van der Waals surface area contributed by atoms with Crippen molar-refractivity contribution >= 4 is 76.7 Å². The van der Waals surface area contributed by atoms with Gasteiger partial charge in [0, 0.05) is 89.8 Å². The van der Waals surface area contributed by atoms with Crippen LogP contribution in [0.25, 0.3) is 0 Å². The Hall–Kier alpha value is -8.05. The average Bonchev–Trinajstić information content (AvgIpc) is 3.78. The molecule has 0 radical (unpaired) electrons. The first-order valence-corrected chi connectivity index (χ1v) is 28.5. The Morgan fingerprint density at radius 3 is 2.01 bits per heavy atom. The quantitative estimate of drug-likeness (QED) is 0.0340. The molecule has 420 valence electrons. The number of carbonyl (C=O) groups is 8. The van der Waals surface area contributed by atoms with Crippen LogP contribution in [0.1, 0.15) is 125 Å². The SMILES string of the molecule is COc1cc2c(cc1OCc1cc(COc3cc4c(cc3C)C(=O)N3c5ccccc5C[C@H]3CC4)cc(NC(=O)C(C)CC(=O)C(C)NC(=O)CCCCC(=O)CCCN3C(=O)C=CC3=O)c1)CC(S)C1Cc3ccccc3N1C2=O. The number of aryl methyl sites for hydroxylation is 2. The molecule has 4 unspecified atom stereocenters. The molecule has 5 aromatic rings. The van der Waals surface area contributed by atoms with Gasteiger partial charge < -0.3 is 34.6 Å². The van der Waals surface area contributed by atoms with E-state index in [0.29, 0.717) is 83.7 Å². The molecule has 0 aliphatic carbocycles. The number of imide groups is 1. The van der Waals surface area contributed by atoms with Gasteiger partial charge in [-0.1, -0.05) is 43.3 Å². The summed E-state index contributed by atoms with van der Waals surface area (Å²) >= 11 is 5.03. The third-order valence-corrected chi connectivity index (χ3v) is 16.7. The van der Waals surface area contributed by atoms with Gasteiger partial charge in [0.25, 0.3) is 23.6 Å². The molecule has 0 aromatic heterocycles. The number of hydrogen-bond acceptors (Lipinski definition) is 12. The highest BCUT2D eigenvalue weighted by atomic mass is 32.1. The molecule has 17 heteroatoms. The first-order chi connectivity index (χ1) is 39.0. The third-order valence-electron chi connectivity index (χ3n) is 16.2. The van der Waals surface area contributed by atoms with Crippen LogP contribution in [0, 0.1) is 12.8 Å². The molecular formula is C64H67N5O11S. The molecule has 5 heterocycles. The number of carbonyl (C=O) groups excluding carboxylic acids is 8. The number of amides is 6. The first-order valence-electron chi connectivity index (χ1n) is 28.0. The number of nitrogens with zero attached hydrogens (tertiary/aromatic N) is 3. The topological polar surface area (TPSA) is 198 Å². The van der Waals surface area contributed by atoms with Crippen LogP contribution >= 0.6 is 12.6 Å². The highest BCUT2D eigenvalue weighted by Crippen LogP contribution is 2.43. The normalized spacial score (nSPS) is 18.4. The van der Waals surface area contributed by atoms with Gasteiger partial charge >= 0.3 is 0 Å². The number of rotatable bonds is 22. The average molecular weight is 1110 g/mol. The van der Waals surface area contributed by atoms with E-state index in [9.17, 15) is 38.4 Å². The summed E-state index contributed by atoms with van der Waals surface area (Å²) in [5.74, 6) is -1.33. The summed E-state index contributed by atoms with van der Waals surface area (Å²) in [4.78, 5) is 109. The monoisotopic (exact) mass is 1110 g/mol. The van der Waals surface area contributed by atoms with Crippen molar-refractivity contribution in [1.29, 1.82) is 0 Å². The summed E-state index contributed by atoms with van der Waals surface area (Å²) in [6.07, 6.45) is 7.71. The number of hydrogen-bond donors (Lipinski definition) is 3. The smallest absolute Gasteiger partial charge is 0.259 e. The van der Waals surface area contributed by atoms with Crippen LogP contribution in [0.15, 0.2) is 103 Å². The van der Waals surface area contributed by atoms with Gasteiger partial charge in [0.05, 0.1) is 19.2 Å². The molecule has 16 nitrogen and oxygen atoms in total. The van der Waals surface area contributed by atoms with E-state index in [4.69, 9.17) is 26.8 Å². The summed E-state index contributed by atoms with van der Waals surface area (Å²) in [5, 5.41) is 5.59. The zero-order valence-corrected chi connectivity index (χ0v) is 47.0. The molecular weight excluding hydrogens is 1050 g/mol. The lowest BCUT2D eigenvalue weighted by Crippen LogP contribution is -2.41. The Morgan fingerprint density at radius 2 is 1.30 bits per heavy atom. The number of anilines is 3. The molecule has 6 amide bonds. The lowest BCUT2D eigenvalue weighted by atomic mass is 9.98. The van der Waals surface area contributed by atoms with Crippen molar-refractivity contribution in [1.82, 2.24) is 10.2 Å². The minimum atomic E-state index is -0.858. The standard InChI is InChI=1S/C64H67N5O11S/c1-37-24-49-42(19-20-47-29-43-12-5-8-16-51(43)68(47)63(49)76)31-55(37)79-35-40-26-41(36-80-57-32-45-33-58(81)53-30-44-13-6-9-17-52(44)69(53)64(77)50(45)34-56(57)78-4)28-46(27-40)66-62(75)38(2)25-54(71)39(3)65-59(72)18-10-7-14-48(70)15-11-23-67-60(73)21-22-61(67)74/h5-6,8-9,12-13,16-17,21-22,24,26-28,31-32,34,38-39,47,53,58,81H,7,10-11,14-15,18-20,23,25,29-30,33,35-36H2,1-4H3,(H,65,72)(H,66,75)/t38?,39?,47-,53?,58?/m1/s1. The maximum Gasteiger partial charge on any atom is 0.259 e. The number of benzene rings is 5. The van der Waals surface area contributed by atoms with Gasteiger partial charge in [-0.15, -0.1) is 0 Å². The van der Waals surface area contributed by atoms with Crippen molar-refractivity contribution < 1.29 is 52.6 Å². The van der Waals surface area contributed by atoms with Gasteiger partial charge in [-0.2, -0.15) is 12.6 Å². The van der Waals surface area contributed by atoms with E-state index in [-0.39, 0.29) is 104 Å². The lowest BCUT2D eigenvalue weighted by Gasteiger charge is -2.26. The summed E-state index contributed by atoms with van der Waals surface area (Å²) in [6.45, 7) is 5.47. The van der Waals surface area contributed by atoms with Gasteiger partial charge in [0.1, 0.15) is 24.7 Å². The summed E-state index contributed by atoms with van der Waals surface area (Å²) < 4.78 is 18.9. The fraction of sp³-hybridized carbons (Fsp3) is 0.375. The van der Waals surface area contributed by atoms with Crippen molar-refractivity contribution in [3.8, 4) is 17.2 Å². The Kier molecular flexibility index (Phi) is 16.9. The fourth-order valence-corrected chi connectivity index (χ4v) is 12.2. The number of ether oxygens (including phenoxy) is 3. The fourth-order valence-electron chi connectivity index (χ4n) is 11.8. The van der Waals surface area contributed by atoms with E-state index in [2.05, 4.69) is 22.8 Å². The van der Waals surface area contributed by atoms with Crippen molar-refractivity contribution in [2.75, 3.05) is 28.8 Å². The molecule has 5 aliphatic rings. The number of fused-ring (bicyclic) bond motifs is 8. The number of thiol groups is 1. The second-order valence-corrected chi connectivity index (χ2v) is 22.6. The number of nitrogens with one attached hydrogen (secondary N) is 2. The second-order valence-electron chi connectivity index (χ2n) is 22.0. The Morgan fingerprint density at radius 1 is 0.679 bits per heavy atom. The summed E-state index contributed by atoms with van der Waals surface area (Å²) in [6, 6.07) is 28.2. The van der Waals surface area contributed by atoms with Crippen molar-refractivity contribution in [3.05, 3.63) is 153 Å². The van der Waals surface area contributed by atoms with E-state index in [1.807, 2.05) is 83.5 Å². The van der Waals surface area contributed by atoms with Crippen LogP contribution in [0.4, 0.5) is 17.1 Å². The maximum absolute atomic E-state index is 14.3. The van der Waals surface area contributed by atoms with Crippen LogP contribution in [0.5, 0.6) is 17.2 Å². The summed E-state index contributed by atoms with van der Waals surface area (Å²) in [7, 11) is 1.53.